The summed E-state index contributed by atoms with van der Waals surface area (Å²) in [5.74, 6) is 0.952. The number of hydrogen-bond acceptors (Lipinski definition) is 3. The Hall–Kier alpha value is -2.00. The van der Waals surface area contributed by atoms with Crippen molar-refractivity contribution in [2.24, 2.45) is 0 Å². The number of fused-ring (bicyclic) bond motifs is 1. The second-order valence-electron chi connectivity index (χ2n) is 7.45. The summed E-state index contributed by atoms with van der Waals surface area (Å²) in [6.45, 7) is 9.51. The Morgan fingerprint density at radius 3 is 2.62 bits per heavy atom. The molecular formula is C21H28N2O. The first-order valence-corrected chi connectivity index (χ1v) is 8.80. The van der Waals surface area contributed by atoms with Gasteiger partial charge in [-0.1, -0.05) is 36.4 Å². The van der Waals surface area contributed by atoms with E-state index in [-0.39, 0.29) is 5.60 Å². The van der Waals surface area contributed by atoms with Crippen molar-refractivity contribution in [3.8, 4) is 5.75 Å². The zero-order valence-electron chi connectivity index (χ0n) is 15.1. The molecule has 0 saturated carbocycles. The second kappa shape index (κ2) is 6.86. The molecule has 0 bridgehead atoms. The number of rotatable bonds is 5. The topological polar surface area (TPSA) is 33.3 Å². The molecule has 2 aromatic carbocycles. The minimum absolute atomic E-state index is 0.144. The first-order chi connectivity index (χ1) is 11.4. The van der Waals surface area contributed by atoms with Crippen molar-refractivity contribution in [2.75, 3.05) is 11.9 Å². The van der Waals surface area contributed by atoms with Crippen LogP contribution in [-0.2, 0) is 6.42 Å². The van der Waals surface area contributed by atoms with Gasteiger partial charge in [0.1, 0.15) is 11.4 Å². The lowest BCUT2D eigenvalue weighted by molar-refractivity contribution is 0.116. The highest BCUT2D eigenvalue weighted by Crippen LogP contribution is 2.33. The molecule has 3 nitrogen and oxygen atoms in total. The molecule has 0 radical (unpaired) electrons. The van der Waals surface area contributed by atoms with Gasteiger partial charge in [-0.25, -0.2) is 0 Å². The highest BCUT2D eigenvalue weighted by atomic mass is 16.5. The van der Waals surface area contributed by atoms with E-state index in [2.05, 4.69) is 86.9 Å². The van der Waals surface area contributed by atoms with Crippen molar-refractivity contribution in [2.45, 2.75) is 51.8 Å². The average Bonchev–Trinajstić information content (AvgIpc) is 2.55. The molecule has 3 rings (SSSR count). The molecule has 24 heavy (non-hydrogen) atoms. The highest BCUT2D eigenvalue weighted by Gasteiger charge is 2.26. The van der Waals surface area contributed by atoms with Crippen LogP contribution in [0.4, 0.5) is 5.69 Å². The van der Waals surface area contributed by atoms with Gasteiger partial charge < -0.3 is 15.4 Å². The Labute approximate surface area is 145 Å². The van der Waals surface area contributed by atoms with Crippen LogP contribution >= 0.6 is 0 Å². The van der Waals surface area contributed by atoms with Crippen LogP contribution < -0.4 is 15.4 Å². The zero-order valence-corrected chi connectivity index (χ0v) is 15.1. The number of hydrogen-bond donors (Lipinski definition) is 2. The lowest BCUT2D eigenvalue weighted by Crippen LogP contribution is -2.40. The van der Waals surface area contributed by atoms with Crippen LogP contribution in [0, 0.1) is 0 Å². The fourth-order valence-electron chi connectivity index (χ4n) is 3.25. The van der Waals surface area contributed by atoms with E-state index in [1.807, 2.05) is 0 Å². The third-order valence-electron chi connectivity index (χ3n) is 4.51. The Morgan fingerprint density at radius 1 is 1.12 bits per heavy atom. The lowest BCUT2D eigenvalue weighted by Gasteiger charge is -2.33. The SMILES string of the molecule is CC(Cc1ccc2c(c1)NCC(C)(C)O2)NC(C)c1ccccc1. The minimum atomic E-state index is -0.144. The Kier molecular flexibility index (Phi) is 4.81. The van der Waals surface area contributed by atoms with Crippen LogP contribution in [0.2, 0.25) is 0 Å². The summed E-state index contributed by atoms with van der Waals surface area (Å²) in [6, 6.07) is 17.8. The minimum Gasteiger partial charge on any atom is -0.484 e. The van der Waals surface area contributed by atoms with Gasteiger partial charge >= 0.3 is 0 Å². The molecule has 0 spiro atoms. The lowest BCUT2D eigenvalue weighted by atomic mass is 10.0. The van der Waals surface area contributed by atoms with E-state index in [4.69, 9.17) is 4.74 Å². The van der Waals surface area contributed by atoms with Crippen molar-refractivity contribution < 1.29 is 4.74 Å². The van der Waals surface area contributed by atoms with Crippen molar-refractivity contribution >= 4 is 5.69 Å². The molecule has 2 atom stereocenters. The van der Waals surface area contributed by atoms with Gasteiger partial charge in [0.05, 0.1) is 12.2 Å². The number of benzene rings is 2. The van der Waals surface area contributed by atoms with Crippen LogP contribution in [0.25, 0.3) is 0 Å². The molecule has 1 aliphatic rings. The van der Waals surface area contributed by atoms with Crippen LogP contribution in [0.1, 0.15) is 44.9 Å². The summed E-state index contributed by atoms with van der Waals surface area (Å²) in [4.78, 5) is 0. The summed E-state index contributed by atoms with van der Waals surface area (Å²) >= 11 is 0. The van der Waals surface area contributed by atoms with Gasteiger partial charge in [-0.3, -0.25) is 0 Å². The molecule has 1 heterocycles. The van der Waals surface area contributed by atoms with Gasteiger partial charge in [0, 0.05) is 12.1 Å². The molecule has 2 unspecified atom stereocenters. The highest BCUT2D eigenvalue weighted by molar-refractivity contribution is 5.60. The molecule has 0 aliphatic carbocycles. The molecule has 0 fully saturated rings. The van der Waals surface area contributed by atoms with E-state index >= 15 is 0 Å². The smallest absolute Gasteiger partial charge is 0.143 e. The maximum Gasteiger partial charge on any atom is 0.143 e. The largest absolute Gasteiger partial charge is 0.484 e. The summed E-state index contributed by atoms with van der Waals surface area (Å²) in [6.07, 6.45) is 0.996. The van der Waals surface area contributed by atoms with Gasteiger partial charge in [0.2, 0.25) is 0 Å². The van der Waals surface area contributed by atoms with Crippen molar-refractivity contribution in [3.63, 3.8) is 0 Å². The standard InChI is InChI=1S/C21H28N2O/c1-15(23-16(2)18-8-6-5-7-9-18)12-17-10-11-20-19(13-17)22-14-21(3,4)24-20/h5-11,13,15-16,22-23H,12,14H2,1-4H3. The van der Waals surface area contributed by atoms with E-state index in [1.54, 1.807) is 0 Å². The first-order valence-electron chi connectivity index (χ1n) is 8.80. The molecule has 1 aliphatic heterocycles. The number of anilines is 1. The summed E-state index contributed by atoms with van der Waals surface area (Å²) in [7, 11) is 0. The van der Waals surface area contributed by atoms with E-state index in [9.17, 15) is 0 Å². The predicted molar refractivity (Wildman–Crippen MR) is 101 cm³/mol. The second-order valence-corrected chi connectivity index (χ2v) is 7.45. The van der Waals surface area contributed by atoms with Gasteiger partial charge in [0.15, 0.2) is 0 Å². The Balaban J connectivity index is 1.62. The maximum atomic E-state index is 6.02. The normalized spacial score (nSPS) is 18.0. The van der Waals surface area contributed by atoms with E-state index < -0.39 is 0 Å². The van der Waals surface area contributed by atoms with Crippen LogP contribution in [-0.4, -0.2) is 18.2 Å². The molecule has 0 amide bonds. The van der Waals surface area contributed by atoms with Crippen LogP contribution in [0.15, 0.2) is 48.5 Å². The summed E-state index contributed by atoms with van der Waals surface area (Å²) in [5, 5.41) is 7.17. The van der Waals surface area contributed by atoms with E-state index in [0.717, 1.165) is 24.4 Å². The third kappa shape index (κ3) is 4.09. The zero-order chi connectivity index (χ0) is 17.2. The third-order valence-corrected chi connectivity index (χ3v) is 4.51. The van der Waals surface area contributed by atoms with Crippen LogP contribution in [0.5, 0.6) is 5.75 Å². The molecule has 3 heteroatoms. The van der Waals surface area contributed by atoms with Gasteiger partial charge in [-0.05, 0) is 57.4 Å². The molecule has 2 N–H and O–H groups in total. The number of nitrogens with one attached hydrogen (secondary N) is 2. The fraction of sp³-hybridized carbons (Fsp3) is 0.429. The molecular weight excluding hydrogens is 296 g/mol. The fourth-order valence-corrected chi connectivity index (χ4v) is 3.25. The first kappa shape index (κ1) is 16.8. The van der Waals surface area contributed by atoms with Gasteiger partial charge in [-0.2, -0.15) is 0 Å². The van der Waals surface area contributed by atoms with E-state index in [1.165, 1.54) is 11.1 Å². The molecule has 2 aromatic rings. The number of ether oxygens (including phenoxy) is 1. The predicted octanol–water partition coefficient (Wildman–Crippen LogP) is 4.55. The Morgan fingerprint density at radius 2 is 1.88 bits per heavy atom. The average molecular weight is 324 g/mol. The molecule has 0 aromatic heterocycles. The molecule has 0 saturated heterocycles. The molecule has 128 valence electrons. The summed E-state index contributed by atoms with van der Waals surface area (Å²) < 4.78 is 6.02. The quantitative estimate of drug-likeness (QED) is 0.846. The van der Waals surface area contributed by atoms with Crippen molar-refractivity contribution in [3.05, 3.63) is 59.7 Å². The van der Waals surface area contributed by atoms with Gasteiger partial charge in [0.25, 0.3) is 0 Å². The Bertz CT molecular complexity index is 681. The maximum absolute atomic E-state index is 6.02. The van der Waals surface area contributed by atoms with Crippen LogP contribution in [0.3, 0.4) is 0 Å². The van der Waals surface area contributed by atoms with Crippen molar-refractivity contribution in [1.29, 1.82) is 0 Å². The summed E-state index contributed by atoms with van der Waals surface area (Å²) in [5.41, 5.74) is 3.61. The van der Waals surface area contributed by atoms with Crippen molar-refractivity contribution in [1.82, 2.24) is 5.32 Å². The monoisotopic (exact) mass is 324 g/mol. The van der Waals surface area contributed by atoms with Gasteiger partial charge in [-0.15, -0.1) is 0 Å². The van der Waals surface area contributed by atoms with E-state index in [0.29, 0.717) is 12.1 Å².